The third-order valence-corrected chi connectivity index (χ3v) is 5.62. The van der Waals surface area contributed by atoms with Crippen LogP contribution in [0.3, 0.4) is 0 Å². The summed E-state index contributed by atoms with van der Waals surface area (Å²) in [6, 6.07) is 8.45. The Balaban J connectivity index is 1.37. The quantitative estimate of drug-likeness (QED) is 0.560. The fourth-order valence-electron chi connectivity index (χ4n) is 4.23. The molecule has 3 aliphatic rings. The first-order valence-electron chi connectivity index (χ1n) is 11.1. The highest BCUT2D eigenvalue weighted by Gasteiger charge is 2.21. The first-order chi connectivity index (χ1) is 16.2. The van der Waals surface area contributed by atoms with Gasteiger partial charge in [0.2, 0.25) is 0 Å². The van der Waals surface area contributed by atoms with Crippen LogP contribution in [0.1, 0.15) is 36.5 Å². The van der Waals surface area contributed by atoms with Crippen molar-refractivity contribution in [2.24, 2.45) is 9.98 Å². The van der Waals surface area contributed by atoms with Gasteiger partial charge in [0, 0.05) is 36.6 Å². The molecule has 0 aromatic heterocycles. The molecule has 0 atom stereocenters. The number of rotatable bonds is 5. The molecule has 0 radical (unpaired) electrons. The summed E-state index contributed by atoms with van der Waals surface area (Å²) in [5.41, 5.74) is 7.02. The number of anilines is 1. The summed E-state index contributed by atoms with van der Waals surface area (Å²) in [6.45, 7) is 4.01. The van der Waals surface area contributed by atoms with Crippen molar-refractivity contribution in [2.45, 2.75) is 26.2 Å². The van der Waals surface area contributed by atoms with E-state index in [1.807, 2.05) is 55.5 Å². The zero-order chi connectivity index (χ0) is 23.0. The highest BCUT2D eigenvalue weighted by atomic mass is 15.1. The zero-order valence-corrected chi connectivity index (χ0v) is 18.7. The van der Waals surface area contributed by atoms with E-state index in [-0.39, 0.29) is 11.4 Å². The molecule has 5 heteroatoms. The van der Waals surface area contributed by atoms with Gasteiger partial charge >= 0.3 is 0 Å². The number of nitrogens with zero attached hydrogens (tertiary/aromatic N) is 5. The monoisotopic (exact) mass is 431 g/mol. The second-order valence-electron chi connectivity index (χ2n) is 8.11. The summed E-state index contributed by atoms with van der Waals surface area (Å²) in [5, 5.41) is 18.3. The lowest BCUT2D eigenvalue weighted by atomic mass is 9.93. The summed E-state index contributed by atoms with van der Waals surface area (Å²) in [4.78, 5) is 10.9. The standard InChI is InChI=1S/C28H25N5/c1-21-16-25(32-27(20-30)26(19-29)31-21)13-7-5-3-2-4-6-10-22-17-23-11-8-14-33-15-9-12-24(18-22)28(23)33/h2-8,10-11,13,17-18H,9,12,14-16H2,1H3/b4-2+,5-3+,10-6+,13-7+. The summed E-state index contributed by atoms with van der Waals surface area (Å²) in [6.07, 6.45) is 23.1. The van der Waals surface area contributed by atoms with E-state index in [9.17, 15) is 5.26 Å². The minimum absolute atomic E-state index is 0.0579. The van der Waals surface area contributed by atoms with Crippen molar-refractivity contribution in [1.82, 2.24) is 0 Å². The summed E-state index contributed by atoms with van der Waals surface area (Å²) in [7, 11) is 0. The van der Waals surface area contributed by atoms with Crippen LogP contribution in [-0.4, -0.2) is 24.5 Å². The Morgan fingerprint density at radius 2 is 1.67 bits per heavy atom. The Morgan fingerprint density at radius 3 is 2.45 bits per heavy atom. The number of nitriles is 2. The molecule has 0 fully saturated rings. The first kappa shape index (κ1) is 22.0. The molecular weight excluding hydrogens is 406 g/mol. The second kappa shape index (κ2) is 10.4. The summed E-state index contributed by atoms with van der Waals surface area (Å²) < 4.78 is 0. The Morgan fingerprint density at radius 1 is 0.939 bits per heavy atom. The van der Waals surface area contributed by atoms with Crippen LogP contribution in [0.2, 0.25) is 0 Å². The SMILES string of the molecule is CC1=NC(C#N)=C(C#N)N=C(/C=C/C=C/C=C/C=C/c2cc3c4c(c2)CCCN4CC=C3)C1. The van der Waals surface area contributed by atoms with Crippen molar-refractivity contribution in [3.63, 3.8) is 0 Å². The second-order valence-corrected chi connectivity index (χ2v) is 8.11. The lowest BCUT2D eigenvalue weighted by molar-refractivity contribution is 0.718. The molecule has 33 heavy (non-hydrogen) atoms. The Bertz CT molecular complexity index is 1270. The Labute approximate surface area is 195 Å². The minimum Gasteiger partial charge on any atom is -0.367 e. The third-order valence-electron chi connectivity index (χ3n) is 5.62. The molecule has 1 aromatic carbocycles. The van der Waals surface area contributed by atoms with Gasteiger partial charge in [-0.15, -0.1) is 0 Å². The molecule has 3 aliphatic heterocycles. The van der Waals surface area contributed by atoms with Gasteiger partial charge in [0.15, 0.2) is 11.4 Å². The van der Waals surface area contributed by atoms with Gasteiger partial charge in [-0.25, -0.2) is 9.98 Å². The van der Waals surface area contributed by atoms with E-state index in [0.29, 0.717) is 12.1 Å². The summed E-state index contributed by atoms with van der Waals surface area (Å²) >= 11 is 0. The van der Waals surface area contributed by atoms with E-state index in [0.717, 1.165) is 25.2 Å². The highest BCUT2D eigenvalue weighted by molar-refractivity contribution is 6.10. The van der Waals surface area contributed by atoms with E-state index in [2.05, 4.69) is 51.3 Å². The fraction of sp³-hybridized carbons (Fsp3) is 0.214. The largest absolute Gasteiger partial charge is 0.367 e. The van der Waals surface area contributed by atoms with Gasteiger partial charge in [-0.1, -0.05) is 54.7 Å². The van der Waals surface area contributed by atoms with Gasteiger partial charge in [0.1, 0.15) is 12.1 Å². The molecule has 0 bridgehead atoms. The van der Waals surface area contributed by atoms with Gasteiger partial charge in [-0.3, -0.25) is 0 Å². The van der Waals surface area contributed by atoms with E-state index in [1.165, 1.54) is 28.8 Å². The van der Waals surface area contributed by atoms with Crippen LogP contribution in [0.5, 0.6) is 0 Å². The summed E-state index contributed by atoms with van der Waals surface area (Å²) in [5.74, 6) is 0. The third kappa shape index (κ3) is 5.34. The van der Waals surface area contributed by atoms with Crippen LogP contribution < -0.4 is 4.90 Å². The van der Waals surface area contributed by atoms with Crippen LogP contribution in [0.15, 0.2) is 82.1 Å². The average molecular weight is 432 g/mol. The van der Waals surface area contributed by atoms with Crippen molar-refractivity contribution in [1.29, 1.82) is 10.5 Å². The van der Waals surface area contributed by atoms with Crippen LogP contribution in [-0.2, 0) is 6.42 Å². The molecule has 1 aromatic rings. The zero-order valence-electron chi connectivity index (χ0n) is 18.7. The molecule has 162 valence electrons. The molecule has 5 nitrogen and oxygen atoms in total. The molecule has 0 spiro atoms. The molecule has 0 aliphatic carbocycles. The predicted molar refractivity (Wildman–Crippen MR) is 136 cm³/mol. The van der Waals surface area contributed by atoms with E-state index in [1.54, 1.807) is 0 Å². The highest BCUT2D eigenvalue weighted by Crippen LogP contribution is 2.35. The lowest BCUT2D eigenvalue weighted by Crippen LogP contribution is -2.31. The van der Waals surface area contributed by atoms with E-state index in [4.69, 9.17) is 5.26 Å². The molecule has 0 N–H and O–H groups in total. The maximum absolute atomic E-state index is 9.20. The van der Waals surface area contributed by atoms with E-state index < -0.39 is 0 Å². The van der Waals surface area contributed by atoms with Crippen molar-refractivity contribution in [2.75, 3.05) is 18.0 Å². The number of hydrogen-bond acceptors (Lipinski definition) is 5. The van der Waals surface area contributed by atoms with Gasteiger partial charge in [0.05, 0.1) is 0 Å². The van der Waals surface area contributed by atoms with Crippen LogP contribution in [0.4, 0.5) is 5.69 Å². The van der Waals surface area contributed by atoms with Crippen LogP contribution in [0, 0.1) is 22.7 Å². The van der Waals surface area contributed by atoms with Crippen molar-refractivity contribution in [3.05, 3.63) is 88.8 Å². The Hall–Kier alpha value is -4.22. The van der Waals surface area contributed by atoms with Gasteiger partial charge in [-0.2, -0.15) is 10.5 Å². The van der Waals surface area contributed by atoms with Gasteiger partial charge < -0.3 is 4.90 Å². The van der Waals surface area contributed by atoms with Gasteiger partial charge in [-0.05, 0) is 54.7 Å². The first-order valence-corrected chi connectivity index (χ1v) is 11.1. The molecule has 0 amide bonds. The fourth-order valence-corrected chi connectivity index (χ4v) is 4.23. The lowest BCUT2D eigenvalue weighted by Gasteiger charge is -2.34. The molecule has 0 saturated heterocycles. The molecule has 4 rings (SSSR count). The van der Waals surface area contributed by atoms with Crippen molar-refractivity contribution >= 4 is 29.3 Å². The molecular formula is C28H25N5. The normalized spacial score (nSPS) is 18.0. The topological polar surface area (TPSA) is 75.5 Å². The van der Waals surface area contributed by atoms with E-state index >= 15 is 0 Å². The number of hydrogen-bond donors (Lipinski definition) is 0. The average Bonchev–Trinajstić information content (AvgIpc) is 2.98. The molecule has 0 unspecified atom stereocenters. The molecule has 0 saturated carbocycles. The van der Waals surface area contributed by atoms with Crippen molar-refractivity contribution in [3.8, 4) is 12.1 Å². The number of allylic oxidation sites excluding steroid dienone is 9. The van der Waals surface area contributed by atoms with Gasteiger partial charge in [0.25, 0.3) is 0 Å². The smallest absolute Gasteiger partial charge is 0.177 e. The number of benzene rings is 1. The molecule has 3 heterocycles. The van der Waals surface area contributed by atoms with Crippen LogP contribution in [0.25, 0.3) is 12.2 Å². The maximum Gasteiger partial charge on any atom is 0.177 e. The number of aliphatic imine (C=N–C) groups is 2. The number of aryl methyl sites for hydroxylation is 1. The van der Waals surface area contributed by atoms with Crippen LogP contribution >= 0.6 is 0 Å². The Kier molecular flexibility index (Phi) is 6.93. The van der Waals surface area contributed by atoms with Crippen molar-refractivity contribution < 1.29 is 0 Å². The predicted octanol–water partition coefficient (Wildman–Crippen LogP) is 5.71. The minimum atomic E-state index is 0.0579. The maximum atomic E-state index is 9.20.